The summed E-state index contributed by atoms with van der Waals surface area (Å²) in [5.74, 6) is 0.0404. The molecule has 0 radical (unpaired) electrons. The third-order valence-corrected chi connectivity index (χ3v) is 7.86. The quantitative estimate of drug-likeness (QED) is 0.282. The van der Waals surface area contributed by atoms with Crippen LogP contribution in [0, 0.1) is 11.3 Å². The molecule has 2 saturated carbocycles. The van der Waals surface area contributed by atoms with Crippen LogP contribution in [-0.2, 0) is 0 Å². The first-order valence-corrected chi connectivity index (χ1v) is 13.4. The summed E-state index contributed by atoms with van der Waals surface area (Å²) in [5.41, 5.74) is 2.94. The first-order chi connectivity index (χ1) is 18.2. The van der Waals surface area contributed by atoms with E-state index in [2.05, 4.69) is 15.6 Å². The number of carbonyl (C=O) groups excluding carboxylic acids is 1. The molecule has 5 N–H and O–H groups in total. The molecule has 5 rings (SSSR count). The average Bonchev–Trinajstić information content (AvgIpc) is 3.76. The fourth-order valence-electron chi connectivity index (χ4n) is 5.41. The van der Waals surface area contributed by atoms with Gasteiger partial charge in [-0.15, -0.1) is 0 Å². The lowest BCUT2D eigenvalue weighted by Crippen LogP contribution is -2.45. The SMILES string of the molecule is CC(C)c1cccc(C(=O)NC2=C/C(=C/N[C@H]3CC[C@@](O)(C4CC4)CC3)C(=N)C=C2c2ccccn2)[n+]1O. The van der Waals surface area contributed by atoms with Gasteiger partial charge in [0.15, 0.2) is 0 Å². The van der Waals surface area contributed by atoms with Gasteiger partial charge in [-0.2, -0.15) is 0 Å². The summed E-state index contributed by atoms with van der Waals surface area (Å²) < 4.78 is 0.930. The third kappa shape index (κ3) is 5.41. The Hall–Kier alpha value is -3.78. The van der Waals surface area contributed by atoms with Crippen molar-refractivity contribution in [3.8, 4) is 0 Å². The summed E-state index contributed by atoms with van der Waals surface area (Å²) >= 11 is 0. The van der Waals surface area contributed by atoms with Crippen LogP contribution in [0.4, 0.5) is 0 Å². The number of hydrogen-bond acceptors (Lipinski definition) is 6. The van der Waals surface area contributed by atoms with E-state index in [0.29, 0.717) is 39.9 Å². The van der Waals surface area contributed by atoms with Crippen molar-refractivity contribution < 1.29 is 19.8 Å². The topological polar surface area (TPSA) is 122 Å². The van der Waals surface area contributed by atoms with Crippen LogP contribution in [0.3, 0.4) is 0 Å². The summed E-state index contributed by atoms with van der Waals surface area (Å²) in [4.78, 5) is 17.7. The molecule has 0 aromatic carbocycles. The Labute approximate surface area is 223 Å². The Morgan fingerprint density at radius 2 is 1.89 bits per heavy atom. The Morgan fingerprint density at radius 1 is 1.13 bits per heavy atom. The Kier molecular flexibility index (Phi) is 7.17. The van der Waals surface area contributed by atoms with Crippen molar-refractivity contribution in [3.63, 3.8) is 0 Å². The molecule has 8 nitrogen and oxygen atoms in total. The summed E-state index contributed by atoms with van der Waals surface area (Å²) in [7, 11) is 0. The van der Waals surface area contributed by atoms with Crippen LogP contribution in [0.25, 0.3) is 5.57 Å². The van der Waals surface area contributed by atoms with E-state index in [1.54, 1.807) is 36.5 Å². The molecule has 8 heteroatoms. The van der Waals surface area contributed by atoms with Gasteiger partial charge in [0.05, 0.1) is 22.7 Å². The van der Waals surface area contributed by atoms with E-state index in [0.717, 1.165) is 43.3 Å². The van der Waals surface area contributed by atoms with Crippen molar-refractivity contribution in [1.82, 2.24) is 15.6 Å². The second kappa shape index (κ2) is 10.5. The van der Waals surface area contributed by atoms with Crippen LogP contribution in [0.2, 0.25) is 0 Å². The largest absolute Gasteiger partial charge is 0.390 e. The van der Waals surface area contributed by atoms with Gasteiger partial charge in [0, 0.05) is 52.4 Å². The van der Waals surface area contributed by atoms with Crippen LogP contribution < -0.4 is 15.4 Å². The van der Waals surface area contributed by atoms with Crippen molar-refractivity contribution >= 4 is 17.2 Å². The van der Waals surface area contributed by atoms with Crippen LogP contribution in [0.1, 0.15) is 80.2 Å². The molecule has 0 unspecified atom stereocenters. The van der Waals surface area contributed by atoms with Crippen molar-refractivity contribution in [2.45, 2.75) is 69.9 Å². The molecule has 198 valence electrons. The number of hydrogen-bond donors (Lipinski definition) is 5. The minimum atomic E-state index is -0.503. The van der Waals surface area contributed by atoms with Crippen LogP contribution >= 0.6 is 0 Å². The van der Waals surface area contributed by atoms with E-state index in [1.165, 1.54) is 0 Å². The van der Waals surface area contributed by atoms with E-state index in [1.807, 2.05) is 38.2 Å². The van der Waals surface area contributed by atoms with Gasteiger partial charge in [-0.05, 0) is 74.8 Å². The molecule has 38 heavy (non-hydrogen) atoms. The Balaban J connectivity index is 1.38. The molecular weight excluding hydrogens is 478 g/mol. The zero-order valence-electron chi connectivity index (χ0n) is 21.9. The summed E-state index contributed by atoms with van der Waals surface area (Å²) in [6.45, 7) is 3.90. The number of aromatic nitrogens is 2. The Bertz CT molecular complexity index is 1320. The average molecular weight is 515 g/mol. The smallest absolute Gasteiger partial charge is 0.325 e. The molecule has 2 fully saturated rings. The summed E-state index contributed by atoms with van der Waals surface area (Å²) in [6, 6.07) is 10.8. The third-order valence-electron chi connectivity index (χ3n) is 7.86. The van der Waals surface area contributed by atoms with Gasteiger partial charge >= 0.3 is 11.6 Å². The fourth-order valence-corrected chi connectivity index (χ4v) is 5.41. The number of amides is 1. The zero-order valence-corrected chi connectivity index (χ0v) is 21.9. The molecule has 1 amide bonds. The normalized spacial score (nSPS) is 24.7. The maximum atomic E-state index is 13.3. The predicted octanol–water partition coefficient (Wildman–Crippen LogP) is 4.02. The van der Waals surface area contributed by atoms with Crippen molar-refractivity contribution in [2.24, 2.45) is 5.92 Å². The number of nitrogens with one attached hydrogen (secondary N) is 3. The van der Waals surface area contributed by atoms with Crippen LogP contribution in [0.5, 0.6) is 0 Å². The molecule has 0 spiro atoms. The maximum Gasteiger partial charge on any atom is 0.325 e. The molecule has 0 bridgehead atoms. The molecule has 0 atom stereocenters. The monoisotopic (exact) mass is 514 g/mol. The van der Waals surface area contributed by atoms with Gasteiger partial charge in [-0.3, -0.25) is 15.0 Å². The number of aliphatic hydroxyl groups is 1. The van der Waals surface area contributed by atoms with E-state index >= 15 is 0 Å². The first kappa shape index (κ1) is 25.9. The van der Waals surface area contributed by atoms with E-state index < -0.39 is 11.5 Å². The standard InChI is InChI=1S/C30H35N5O3/c1-19(2)27-7-5-8-28(35(27)38)29(36)34-26-16-20(24(31)17-23(26)25-6-3-4-15-32-25)18-33-22-11-13-30(37,14-12-22)21-9-10-21/h3-8,15-19,21-22,31,36-38H,9-14H2,1-2H3/p+1/t22-,30-. The van der Waals surface area contributed by atoms with Crippen molar-refractivity contribution in [3.05, 3.63) is 89.3 Å². The van der Waals surface area contributed by atoms with Crippen molar-refractivity contribution in [2.75, 3.05) is 0 Å². The molecule has 0 aliphatic heterocycles. The lowest BCUT2D eigenvalue weighted by atomic mass is 9.79. The number of carbonyl (C=O) groups is 1. The Morgan fingerprint density at radius 3 is 2.55 bits per heavy atom. The maximum absolute atomic E-state index is 13.3. The molecule has 0 saturated heterocycles. The molecule has 2 aromatic rings. The van der Waals surface area contributed by atoms with Crippen molar-refractivity contribution in [1.29, 1.82) is 5.41 Å². The lowest BCUT2D eigenvalue weighted by Gasteiger charge is -2.36. The van der Waals surface area contributed by atoms with Crippen LogP contribution in [0.15, 0.2) is 72.2 Å². The highest BCUT2D eigenvalue weighted by Gasteiger charge is 2.45. The minimum Gasteiger partial charge on any atom is -0.390 e. The van der Waals surface area contributed by atoms with Gasteiger partial charge in [-0.1, -0.05) is 19.9 Å². The molecular formula is C30H36N5O3+. The molecule has 2 heterocycles. The first-order valence-electron chi connectivity index (χ1n) is 13.4. The van der Waals surface area contributed by atoms with Crippen LogP contribution in [-0.4, -0.2) is 38.6 Å². The lowest BCUT2D eigenvalue weighted by molar-refractivity contribution is -0.911. The molecule has 2 aromatic heterocycles. The fraction of sp³-hybridized carbons (Fsp3) is 0.400. The highest BCUT2D eigenvalue weighted by molar-refractivity contribution is 6.16. The highest BCUT2D eigenvalue weighted by atomic mass is 16.5. The van der Waals surface area contributed by atoms with Gasteiger partial charge in [0.2, 0.25) is 5.69 Å². The van der Waals surface area contributed by atoms with E-state index in [9.17, 15) is 15.1 Å². The zero-order chi connectivity index (χ0) is 26.9. The predicted molar refractivity (Wildman–Crippen MR) is 145 cm³/mol. The van der Waals surface area contributed by atoms with E-state index in [-0.39, 0.29) is 17.7 Å². The van der Waals surface area contributed by atoms with Gasteiger partial charge in [0.25, 0.3) is 0 Å². The summed E-state index contributed by atoms with van der Waals surface area (Å²) in [6.07, 6.45) is 12.6. The second-order valence-electron chi connectivity index (χ2n) is 10.9. The number of nitrogens with zero attached hydrogens (tertiary/aromatic N) is 2. The van der Waals surface area contributed by atoms with Gasteiger partial charge in [0.1, 0.15) is 0 Å². The number of pyridine rings is 2. The van der Waals surface area contributed by atoms with E-state index in [4.69, 9.17) is 5.41 Å². The minimum absolute atomic E-state index is 0.0340. The van der Waals surface area contributed by atoms with Gasteiger partial charge < -0.3 is 21.1 Å². The number of allylic oxidation sites excluding steroid dienone is 4. The molecule has 3 aliphatic rings. The number of rotatable bonds is 7. The summed E-state index contributed by atoms with van der Waals surface area (Å²) in [5, 5.41) is 36.6. The van der Waals surface area contributed by atoms with Gasteiger partial charge in [-0.25, -0.2) is 0 Å². The highest BCUT2D eigenvalue weighted by Crippen LogP contribution is 2.47. The molecule has 3 aliphatic carbocycles. The second-order valence-corrected chi connectivity index (χ2v) is 10.9.